The van der Waals surface area contributed by atoms with E-state index >= 15 is 0 Å². The summed E-state index contributed by atoms with van der Waals surface area (Å²) >= 11 is 0. The van der Waals surface area contributed by atoms with Crippen molar-refractivity contribution in [2.24, 2.45) is 14.1 Å². The highest BCUT2D eigenvalue weighted by Gasteiger charge is 2.14. The molecule has 0 radical (unpaired) electrons. The van der Waals surface area contributed by atoms with Gasteiger partial charge in [-0.3, -0.25) is 18.8 Å². The second-order valence-corrected chi connectivity index (χ2v) is 5.82. The van der Waals surface area contributed by atoms with E-state index in [0.717, 1.165) is 29.8 Å². The molecule has 0 fully saturated rings. The van der Waals surface area contributed by atoms with Gasteiger partial charge in [-0.05, 0) is 12.6 Å². The molecule has 3 aromatic heterocycles. The smallest absolute Gasteiger partial charge is 0.332 e. The second-order valence-electron chi connectivity index (χ2n) is 5.82. The van der Waals surface area contributed by atoms with Crippen molar-refractivity contribution in [2.75, 3.05) is 13.1 Å². The first-order chi connectivity index (χ1) is 11.5. The van der Waals surface area contributed by atoms with E-state index < -0.39 is 0 Å². The van der Waals surface area contributed by atoms with E-state index in [1.807, 2.05) is 10.6 Å². The summed E-state index contributed by atoms with van der Waals surface area (Å²) in [6.45, 7) is 5.15. The minimum atomic E-state index is -0.368. The topological polar surface area (TPSA) is 78.2 Å². The van der Waals surface area contributed by atoms with Crippen LogP contribution in [0.15, 0.2) is 38.9 Å². The number of nitrogens with zero attached hydrogens (tertiary/aromatic N) is 5. The Balaban J connectivity index is 1.85. The predicted molar refractivity (Wildman–Crippen MR) is 89.9 cm³/mol. The molecule has 3 heterocycles. The standard InChI is InChI=1S/C16H21N5O3/c1-4-20(9-12-5-8-24-10-12)6-7-21-11-17-14-13(21)15(22)19(3)16(23)18(14)2/h5,8,10-11H,4,6-7,9H2,1-3H3. The number of furan rings is 1. The summed E-state index contributed by atoms with van der Waals surface area (Å²) in [6, 6.07) is 1.95. The fraction of sp³-hybridized carbons (Fsp3) is 0.438. The van der Waals surface area contributed by atoms with Gasteiger partial charge in [-0.25, -0.2) is 9.78 Å². The molecule has 0 N–H and O–H groups in total. The summed E-state index contributed by atoms with van der Waals surface area (Å²) in [6.07, 6.45) is 5.02. The molecule has 128 valence electrons. The molecular weight excluding hydrogens is 310 g/mol. The number of likely N-dealkylation sites (N-methyl/N-ethyl adjacent to an activating group) is 1. The molecule has 0 saturated carbocycles. The number of hydrogen-bond acceptors (Lipinski definition) is 5. The van der Waals surface area contributed by atoms with Crippen molar-refractivity contribution in [3.63, 3.8) is 0 Å². The minimum Gasteiger partial charge on any atom is -0.472 e. The van der Waals surface area contributed by atoms with Gasteiger partial charge in [0, 0.05) is 39.3 Å². The average Bonchev–Trinajstić information content (AvgIpc) is 3.24. The van der Waals surface area contributed by atoms with Crippen molar-refractivity contribution in [3.05, 3.63) is 51.3 Å². The Morgan fingerprint density at radius 3 is 2.71 bits per heavy atom. The van der Waals surface area contributed by atoms with Gasteiger partial charge in [-0.1, -0.05) is 6.92 Å². The van der Waals surface area contributed by atoms with Crippen molar-refractivity contribution in [1.29, 1.82) is 0 Å². The van der Waals surface area contributed by atoms with Crippen LogP contribution in [0.3, 0.4) is 0 Å². The molecule has 3 rings (SSSR count). The first kappa shape index (κ1) is 16.3. The van der Waals surface area contributed by atoms with Gasteiger partial charge in [0.25, 0.3) is 5.56 Å². The normalized spacial score (nSPS) is 11.7. The predicted octanol–water partition coefficient (Wildman–Crippen LogP) is 0.549. The maximum absolute atomic E-state index is 12.4. The highest BCUT2D eigenvalue weighted by molar-refractivity contribution is 5.69. The van der Waals surface area contributed by atoms with E-state index in [1.165, 1.54) is 11.6 Å². The van der Waals surface area contributed by atoms with Gasteiger partial charge in [0.05, 0.1) is 18.9 Å². The summed E-state index contributed by atoms with van der Waals surface area (Å²) in [5.74, 6) is 0. The van der Waals surface area contributed by atoms with E-state index in [4.69, 9.17) is 4.42 Å². The van der Waals surface area contributed by atoms with E-state index in [9.17, 15) is 9.59 Å². The van der Waals surface area contributed by atoms with Gasteiger partial charge in [-0.15, -0.1) is 0 Å². The third-order valence-corrected chi connectivity index (χ3v) is 4.31. The number of aromatic nitrogens is 4. The molecule has 0 aliphatic carbocycles. The van der Waals surface area contributed by atoms with Crippen LogP contribution in [0.1, 0.15) is 12.5 Å². The molecule has 0 saturated heterocycles. The number of hydrogen-bond donors (Lipinski definition) is 0. The lowest BCUT2D eigenvalue weighted by Crippen LogP contribution is -2.37. The van der Waals surface area contributed by atoms with E-state index in [1.54, 1.807) is 25.9 Å². The molecule has 3 aromatic rings. The van der Waals surface area contributed by atoms with Crippen LogP contribution in [-0.2, 0) is 27.2 Å². The lowest BCUT2D eigenvalue weighted by Gasteiger charge is -2.19. The highest BCUT2D eigenvalue weighted by atomic mass is 16.3. The molecule has 8 nitrogen and oxygen atoms in total. The Labute approximate surface area is 138 Å². The fourth-order valence-corrected chi connectivity index (χ4v) is 2.81. The molecule has 0 unspecified atom stereocenters. The van der Waals surface area contributed by atoms with Crippen molar-refractivity contribution >= 4 is 11.2 Å². The molecular formula is C16H21N5O3. The maximum Gasteiger partial charge on any atom is 0.332 e. The molecule has 0 aromatic carbocycles. The summed E-state index contributed by atoms with van der Waals surface area (Å²) in [5, 5.41) is 0. The maximum atomic E-state index is 12.4. The van der Waals surface area contributed by atoms with Crippen LogP contribution >= 0.6 is 0 Å². The third-order valence-electron chi connectivity index (χ3n) is 4.31. The lowest BCUT2D eigenvalue weighted by molar-refractivity contribution is 0.268. The minimum absolute atomic E-state index is 0.316. The molecule has 24 heavy (non-hydrogen) atoms. The number of imidazole rings is 1. The summed E-state index contributed by atoms with van der Waals surface area (Å²) in [7, 11) is 3.11. The fourth-order valence-electron chi connectivity index (χ4n) is 2.81. The van der Waals surface area contributed by atoms with Crippen LogP contribution in [0, 0.1) is 0 Å². The van der Waals surface area contributed by atoms with Gasteiger partial charge in [0.1, 0.15) is 0 Å². The zero-order valence-corrected chi connectivity index (χ0v) is 14.1. The number of aryl methyl sites for hydroxylation is 1. The van der Waals surface area contributed by atoms with Crippen LogP contribution in [0.2, 0.25) is 0 Å². The number of fused-ring (bicyclic) bond motifs is 1. The van der Waals surface area contributed by atoms with E-state index in [2.05, 4.69) is 16.8 Å². The van der Waals surface area contributed by atoms with Crippen molar-refractivity contribution in [3.8, 4) is 0 Å². The van der Waals surface area contributed by atoms with Gasteiger partial charge in [0.2, 0.25) is 0 Å². The zero-order valence-electron chi connectivity index (χ0n) is 14.1. The molecule has 0 aliphatic heterocycles. The molecule has 0 aliphatic rings. The van der Waals surface area contributed by atoms with Crippen LogP contribution in [0.5, 0.6) is 0 Å². The Bertz CT molecular complexity index is 949. The summed E-state index contributed by atoms with van der Waals surface area (Å²) in [4.78, 5) is 30.9. The first-order valence-electron chi connectivity index (χ1n) is 7.87. The second kappa shape index (κ2) is 6.48. The van der Waals surface area contributed by atoms with Gasteiger partial charge in [-0.2, -0.15) is 0 Å². The van der Waals surface area contributed by atoms with Crippen molar-refractivity contribution in [2.45, 2.75) is 20.0 Å². The monoisotopic (exact) mass is 331 g/mol. The lowest BCUT2D eigenvalue weighted by atomic mass is 10.3. The molecule has 0 bridgehead atoms. The van der Waals surface area contributed by atoms with Gasteiger partial charge < -0.3 is 8.98 Å². The van der Waals surface area contributed by atoms with Crippen LogP contribution < -0.4 is 11.2 Å². The average molecular weight is 331 g/mol. The summed E-state index contributed by atoms with van der Waals surface area (Å²) < 4.78 is 9.43. The molecule has 0 atom stereocenters. The van der Waals surface area contributed by atoms with Crippen LogP contribution in [-0.4, -0.2) is 36.7 Å². The van der Waals surface area contributed by atoms with Gasteiger partial charge in [0.15, 0.2) is 11.2 Å². The zero-order chi connectivity index (χ0) is 17.3. The first-order valence-corrected chi connectivity index (χ1v) is 7.87. The Morgan fingerprint density at radius 1 is 1.25 bits per heavy atom. The Kier molecular flexibility index (Phi) is 4.39. The van der Waals surface area contributed by atoms with Crippen molar-refractivity contribution < 1.29 is 4.42 Å². The Morgan fingerprint density at radius 2 is 2.04 bits per heavy atom. The largest absolute Gasteiger partial charge is 0.472 e. The number of rotatable bonds is 6. The van der Waals surface area contributed by atoms with Gasteiger partial charge >= 0.3 is 5.69 Å². The van der Waals surface area contributed by atoms with E-state index in [0.29, 0.717) is 17.7 Å². The van der Waals surface area contributed by atoms with Crippen LogP contribution in [0.4, 0.5) is 0 Å². The summed E-state index contributed by atoms with van der Waals surface area (Å²) in [5.41, 5.74) is 1.31. The van der Waals surface area contributed by atoms with E-state index in [-0.39, 0.29) is 11.2 Å². The molecule has 0 spiro atoms. The molecule has 0 amide bonds. The van der Waals surface area contributed by atoms with Crippen LogP contribution in [0.25, 0.3) is 11.2 Å². The third kappa shape index (κ3) is 2.80. The SMILES string of the molecule is CCN(CCn1cnc2c1c(=O)n(C)c(=O)n2C)Cc1ccoc1. The highest BCUT2D eigenvalue weighted by Crippen LogP contribution is 2.08. The molecule has 8 heteroatoms. The quantitative estimate of drug-likeness (QED) is 0.659. The Hall–Kier alpha value is -2.61. The van der Waals surface area contributed by atoms with Crippen molar-refractivity contribution in [1.82, 2.24) is 23.6 Å².